The molecule has 1 aliphatic carbocycles. The van der Waals surface area contributed by atoms with Gasteiger partial charge in [0.15, 0.2) is 5.78 Å². The molecule has 0 saturated carbocycles. The first-order chi connectivity index (χ1) is 11.7. The Morgan fingerprint density at radius 1 is 0.960 bits per heavy atom. The van der Waals surface area contributed by atoms with Crippen LogP contribution in [0.2, 0.25) is 0 Å². The number of rotatable bonds is 6. The molecule has 0 aromatic heterocycles. The zero-order chi connectivity index (χ0) is 17.0. The fraction of sp³-hybridized carbons (Fsp3) is 0.409. The molecule has 134 valence electrons. The van der Waals surface area contributed by atoms with E-state index >= 15 is 0 Å². The molecule has 2 nitrogen and oxygen atoms in total. The third-order valence-electron chi connectivity index (χ3n) is 5.59. The molecule has 1 unspecified atom stereocenters. The second kappa shape index (κ2) is 8.64. The van der Waals surface area contributed by atoms with Crippen LogP contribution in [0.3, 0.4) is 0 Å². The van der Waals surface area contributed by atoms with Gasteiger partial charge in [-0.1, -0.05) is 68.4 Å². The first-order valence-corrected chi connectivity index (χ1v) is 9.12. The van der Waals surface area contributed by atoms with Gasteiger partial charge in [0.2, 0.25) is 0 Å². The molecule has 0 bridgehead atoms. The Bertz CT molecular complexity index is 696. The number of halogens is 1. The molecule has 0 heterocycles. The summed E-state index contributed by atoms with van der Waals surface area (Å²) in [4.78, 5) is 15.9. The summed E-state index contributed by atoms with van der Waals surface area (Å²) in [5, 5.41) is 0. The zero-order valence-electron chi connectivity index (χ0n) is 15.2. The standard InChI is InChI=1S/C22H27NO.ClH/c1-3-23(4-2)17-16-22(19-11-6-5-7-12-19)15-14-18-10-8-9-13-20(18)21(22)24;/h5-13H,3-4,14-17H2,1-2H3;1H. The van der Waals surface area contributed by atoms with Gasteiger partial charge in [0.1, 0.15) is 0 Å². The van der Waals surface area contributed by atoms with Gasteiger partial charge in [-0.2, -0.15) is 0 Å². The Morgan fingerprint density at radius 3 is 2.28 bits per heavy atom. The van der Waals surface area contributed by atoms with E-state index in [1.807, 2.05) is 24.3 Å². The number of carbonyl (C=O) groups is 1. The second-order valence-corrected chi connectivity index (χ2v) is 6.71. The van der Waals surface area contributed by atoms with Crippen molar-refractivity contribution in [2.75, 3.05) is 19.6 Å². The summed E-state index contributed by atoms with van der Waals surface area (Å²) in [7, 11) is 0. The van der Waals surface area contributed by atoms with E-state index < -0.39 is 0 Å². The third-order valence-corrected chi connectivity index (χ3v) is 5.59. The molecule has 0 fully saturated rings. The molecule has 2 aromatic carbocycles. The summed E-state index contributed by atoms with van der Waals surface area (Å²) >= 11 is 0. The largest absolute Gasteiger partial charge is 0.304 e. The topological polar surface area (TPSA) is 20.3 Å². The molecular weight excluding hydrogens is 330 g/mol. The number of carbonyl (C=O) groups excluding carboxylic acids is 1. The van der Waals surface area contributed by atoms with E-state index in [1.54, 1.807) is 0 Å². The highest BCUT2D eigenvalue weighted by molar-refractivity contribution is 6.06. The monoisotopic (exact) mass is 357 g/mol. The number of aryl methyl sites for hydroxylation is 1. The van der Waals surface area contributed by atoms with Crippen molar-refractivity contribution in [2.24, 2.45) is 0 Å². The Kier molecular flexibility index (Phi) is 6.80. The van der Waals surface area contributed by atoms with Gasteiger partial charge in [-0.15, -0.1) is 12.4 Å². The van der Waals surface area contributed by atoms with Crippen LogP contribution < -0.4 is 0 Å². The summed E-state index contributed by atoms with van der Waals surface area (Å²) in [5.41, 5.74) is 2.93. The van der Waals surface area contributed by atoms with Crippen molar-refractivity contribution >= 4 is 18.2 Å². The maximum atomic E-state index is 13.5. The van der Waals surface area contributed by atoms with Crippen molar-refractivity contribution < 1.29 is 4.79 Å². The Morgan fingerprint density at radius 2 is 1.60 bits per heavy atom. The molecule has 0 amide bonds. The lowest BCUT2D eigenvalue weighted by Crippen LogP contribution is -2.43. The molecule has 1 aliphatic rings. The first kappa shape index (κ1) is 19.7. The molecule has 0 N–H and O–H groups in total. The van der Waals surface area contributed by atoms with Crippen LogP contribution in [0, 0.1) is 0 Å². The summed E-state index contributed by atoms with van der Waals surface area (Å²) in [6, 6.07) is 18.5. The lowest BCUT2D eigenvalue weighted by Gasteiger charge is -2.38. The smallest absolute Gasteiger partial charge is 0.173 e. The predicted octanol–water partition coefficient (Wildman–Crippen LogP) is 4.91. The maximum Gasteiger partial charge on any atom is 0.173 e. The van der Waals surface area contributed by atoms with E-state index in [9.17, 15) is 4.79 Å². The van der Waals surface area contributed by atoms with Crippen LogP contribution in [-0.2, 0) is 11.8 Å². The molecule has 0 aliphatic heterocycles. The van der Waals surface area contributed by atoms with Crippen molar-refractivity contribution in [2.45, 2.75) is 38.5 Å². The average Bonchev–Trinajstić information content (AvgIpc) is 2.65. The van der Waals surface area contributed by atoms with Crippen LogP contribution in [0.25, 0.3) is 0 Å². The van der Waals surface area contributed by atoms with E-state index in [1.165, 1.54) is 11.1 Å². The number of hydrogen-bond acceptors (Lipinski definition) is 2. The molecule has 2 aromatic rings. The molecule has 3 rings (SSSR count). The van der Waals surface area contributed by atoms with Gasteiger partial charge in [0, 0.05) is 5.56 Å². The van der Waals surface area contributed by atoms with Crippen molar-refractivity contribution in [1.29, 1.82) is 0 Å². The summed E-state index contributed by atoms with van der Waals surface area (Å²) in [6.45, 7) is 7.42. The van der Waals surface area contributed by atoms with Crippen LogP contribution in [0.1, 0.15) is 48.2 Å². The molecule has 1 atom stereocenters. The third kappa shape index (κ3) is 3.80. The highest BCUT2D eigenvalue weighted by Crippen LogP contribution is 2.41. The summed E-state index contributed by atoms with van der Waals surface area (Å²) < 4.78 is 0. The molecule has 0 spiro atoms. The lowest BCUT2D eigenvalue weighted by atomic mass is 9.64. The number of Topliss-reactive ketones (excluding diaryl/α,β-unsaturated/α-hetero) is 1. The van der Waals surface area contributed by atoms with Crippen LogP contribution >= 0.6 is 12.4 Å². The fourth-order valence-corrected chi connectivity index (χ4v) is 3.98. The average molecular weight is 358 g/mol. The number of nitrogens with zero attached hydrogens (tertiary/aromatic N) is 1. The molecule has 25 heavy (non-hydrogen) atoms. The number of hydrogen-bond donors (Lipinski definition) is 0. The summed E-state index contributed by atoms with van der Waals surface area (Å²) in [5.74, 6) is 0.308. The molecule has 0 saturated heterocycles. The van der Waals surface area contributed by atoms with Crippen molar-refractivity contribution in [3.8, 4) is 0 Å². The van der Waals surface area contributed by atoms with E-state index in [0.29, 0.717) is 5.78 Å². The molecular formula is C22H28ClNO. The van der Waals surface area contributed by atoms with Gasteiger partial charge in [0.25, 0.3) is 0 Å². The Labute approximate surface area is 157 Å². The highest BCUT2D eigenvalue weighted by atomic mass is 35.5. The SMILES string of the molecule is CCN(CC)CCC1(c2ccccc2)CCc2ccccc2C1=O.Cl. The van der Waals surface area contributed by atoms with E-state index in [2.05, 4.69) is 49.1 Å². The maximum absolute atomic E-state index is 13.5. The quantitative estimate of drug-likeness (QED) is 0.732. The number of benzene rings is 2. The van der Waals surface area contributed by atoms with E-state index in [0.717, 1.165) is 44.5 Å². The van der Waals surface area contributed by atoms with Crippen LogP contribution in [0.15, 0.2) is 54.6 Å². The molecule has 0 radical (unpaired) electrons. The minimum Gasteiger partial charge on any atom is -0.304 e. The van der Waals surface area contributed by atoms with Gasteiger partial charge >= 0.3 is 0 Å². The van der Waals surface area contributed by atoms with Gasteiger partial charge in [0.05, 0.1) is 5.41 Å². The van der Waals surface area contributed by atoms with Gasteiger partial charge in [-0.3, -0.25) is 4.79 Å². The zero-order valence-corrected chi connectivity index (χ0v) is 16.0. The normalized spacial score (nSPS) is 19.4. The van der Waals surface area contributed by atoms with Gasteiger partial charge < -0.3 is 4.90 Å². The second-order valence-electron chi connectivity index (χ2n) is 6.71. The van der Waals surface area contributed by atoms with E-state index in [-0.39, 0.29) is 17.8 Å². The van der Waals surface area contributed by atoms with Gasteiger partial charge in [-0.25, -0.2) is 0 Å². The van der Waals surface area contributed by atoms with Crippen LogP contribution in [-0.4, -0.2) is 30.3 Å². The highest BCUT2D eigenvalue weighted by Gasteiger charge is 2.43. The first-order valence-electron chi connectivity index (χ1n) is 9.12. The lowest BCUT2D eigenvalue weighted by molar-refractivity contribution is 0.0834. The van der Waals surface area contributed by atoms with Gasteiger partial charge in [-0.05, 0) is 50.0 Å². The van der Waals surface area contributed by atoms with Crippen molar-refractivity contribution in [3.63, 3.8) is 0 Å². The predicted molar refractivity (Wildman–Crippen MR) is 107 cm³/mol. The van der Waals surface area contributed by atoms with E-state index in [4.69, 9.17) is 0 Å². The fourth-order valence-electron chi connectivity index (χ4n) is 3.98. The molecule has 3 heteroatoms. The van der Waals surface area contributed by atoms with Crippen LogP contribution in [0.5, 0.6) is 0 Å². The minimum atomic E-state index is -0.377. The Balaban J connectivity index is 0.00000225. The number of ketones is 1. The number of fused-ring (bicyclic) bond motifs is 1. The minimum absolute atomic E-state index is 0. The summed E-state index contributed by atoms with van der Waals surface area (Å²) in [6.07, 6.45) is 2.79. The Hall–Kier alpha value is -1.64. The van der Waals surface area contributed by atoms with Crippen LogP contribution in [0.4, 0.5) is 0 Å². The van der Waals surface area contributed by atoms with Crippen molar-refractivity contribution in [3.05, 3.63) is 71.3 Å². The van der Waals surface area contributed by atoms with Crippen molar-refractivity contribution in [1.82, 2.24) is 4.90 Å².